The van der Waals surface area contributed by atoms with E-state index in [1.165, 1.54) is 32.3 Å². The second kappa shape index (κ2) is 7.51. The van der Waals surface area contributed by atoms with E-state index in [9.17, 15) is 4.79 Å². The second-order valence-electron chi connectivity index (χ2n) is 5.17. The van der Waals surface area contributed by atoms with E-state index in [2.05, 4.69) is 20.8 Å². The molecule has 0 fully saturated rings. The molecular weight excluding hydrogens is 338 g/mol. The highest BCUT2D eigenvalue weighted by Gasteiger charge is 2.15. The number of benzene rings is 2. The van der Waals surface area contributed by atoms with E-state index in [1.54, 1.807) is 36.4 Å². The molecule has 9 nitrogen and oxygen atoms in total. The van der Waals surface area contributed by atoms with Gasteiger partial charge in [0.2, 0.25) is 5.75 Å². The van der Waals surface area contributed by atoms with Crippen LogP contribution in [0.1, 0.15) is 10.4 Å². The largest absolute Gasteiger partial charge is 0.493 e. The monoisotopic (exact) mass is 355 g/mol. The van der Waals surface area contributed by atoms with Crippen LogP contribution in [0.2, 0.25) is 0 Å². The molecule has 0 saturated heterocycles. The van der Waals surface area contributed by atoms with Crippen LogP contribution in [0.15, 0.2) is 42.7 Å². The Labute approximate surface area is 149 Å². The number of hydrogen-bond acceptors (Lipinski definition) is 7. The summed E-state index contributed by atoms with van der Waals surface area (Å²) in [6.45, 7) is 0. The number of amides is 1. The van der Waals surface area contributed by atoms with Crippen LogP contribution in [0.25, 0.3) is 5.69 Å². The molecule has 0 radical (unpaired) electrons. The maximum atomic E-state index is 12.6. The van der Waals surface area contributed by atoms with Gasteiger partial charge in [0.25, 0.3) is 5.91 Å². The Morgan fingerprint density at radius 2 is 1.77 bits per heavy atom. The Morgan fingerprint density at radius 1 is 1.04 bits per heavy atom. The maximum absolute atomic E-state index is 12.6. The first-order chi connectivity index (χ1) is 12.7. The highest BCUT2D eigenvalue weighted by Crippen LogP contribution is 2.40. The van der Waals surface area contributed by atoms with Gasteiger partial charge in [-0.25, -0.2) is 4.68 Å². The van der Waals surface area contributed by atoms with Gasteiger partial charge in [-0.05, 0) is 28.6 Å². The number of ether oxygens (including phenoxy) is 3. The molecule has 2 aromatic carbocycles. The Hall–Kier alpha value is -3.62. The molecule has 1 N–H and O–H groups in total. The number of hydrogen-bond donors (Lipinski definition) is 1. The molecule has 0 aliphatic rings. The van der Waals surface area contributed by atoms with Crippen molar-refractivity contribution in [3.05, 3.63) is 48.3 Å². The number of tetrazole rings is 1. The predicted molar refractivity (Wildman–Crippen MR) is 93.2 cm³/mol. The quantitative estimate of drug-likeness (QED) is 0.721. The summed E-state index contributed by atoms with van der Waals surface area (Å²) in [5.74, 6) is 1.05. The molecule has 0 aliphatic carbocycles. The Bertz CT molecular complexity index is 886. The van der Waals surface area contributed by atoms with E-state index in [0.717, 1.165) is 0 Å². The first-order valence-electron chi connectivity index (χ1n) is 7.61. The minimum Gasteiger partial charge on any atom is -0.493 e. The average molecular weight is 355 g/mol. The number of rotatable bonds is 6. The van der Waals surface area contributed by atoms with Crippen molar-refractivity contribution in [1.29, 1.82) is 0 Å². The first kappa shape index (κ1) is 17.2. The number of aromatic nitrogens is 4. The molecule has 1 aromatic heterocycles. The van der Waals surface area contributed by atoms with Crippen molar-refractivity contribution in [3.8, 4) is 22.9 Å². The topological polar surface area (TPSA) is 100 Å². The van der Waals surface area contributed by atoms with Crippen molar-refractivity contribution in [2.24, 2.45) is 0 Å². The smallest absolute Gasteiger partial charge is 0.255 e. The SMILES string of the molecule is COc1cc(NC(=O)c2cccc(-n3cnnn3)c2)cc(OC)c1OC. The summed E-state index contributed by atoms with van der Waals surface area (Å²) >= 11 is 0. The lowest BCUT2D eigenvalue weighted by Gasteiger charge is -2.14. The molecule has 26 heavy (non-hydrogen) atoms. The van der Waals surface area contributed by atoms with Gasteiger partial charge in [0.1, 0.15) is 6.33 Å². The van der Waals surface area contributed by atoms with Crippen LogP contribution in [-0.4, -0.2) is 47.4 Å². The minimum absolute atomic E-state index is 0.297. The molecule has 3 aromatic rings. The number of nitrogens with one attached hydrogen (secondary N) is 1. The van der Waals surface area contributed by atoms with Crippen LogP contribution in [0.3, 0.4) is 0 Å². The molecular formula is C17H17N5O4. The van der Waals surface area contributed by atoms with Crippen LogP contribution in [0.5, 0.6) is 17.2 Å². The van der Waals surface area contributed by atoms with Crippen molar-refractivity contribution >= 4 is 11.6 Å². The van der Waals surface area contributed by atoms with Crippen LogP contribution >= 0.6 is 0 Å². The number of methoxy groups -OCH3 is 3. The molecule has 0 bridgehead atoms. The first-order valence-corrected chi connectivity index (χ1v) is 7.61. The lowest BCUT2D eigenvalue weighted by molar-refractivity contribution is 0.102. The zero-order chi connectivity index (χ0) is 18.5. The summed E-state index contributed by atoms with van der Waals surface area (Å²) in [5.41, 5.74) is 1.64. The Morgan fingerprint density at radius 3 is 2.35 bits per heavy atom. The molecule has 0 spiro atoms. The highest BCUT2D eigenvalue weighted by molar-refractivity contribution is 6.04. The van der Waals surface area contributed by atoms with E-state index >= 15 is 0 Å². The molecule has 0 aliphatic heterocycles. The van der Waals surface area contributed by atoms with Gasteiger partial charge in [-0.1, -0.05) is 6.07 Å². The lowest BCUT2D eigenvalue weighted by Crippen LogP contribution is -2.13. The molecule has 3 rings (SSSR count). The van der Waals surface area contributed by atoms with Crippen LogP contribution < -0.4 is 19.5 Å². The number of anilines is 1. The van der Waals surface area contributed by atoms with Gasteiger partial charge < -0.3 is 19.5 Å². The second-order valence-corrected chi connectivity index (χ2v) is 5.17. The van der Waals surface area contributed by atoms with E-state index in [1.807, 2.05) is 0 Å². The van der Waals surface area contributed by atoms with Crippen LogP contribution in [0, 0.1) is 0 Å². The van der Waals surface area contributed by atoms with Crippen molar-refractivity contribution in [1.82, 2.24) is 20.2 Å². The van der Waals surface area contributed by atoms with E-state index in [-0.39, 0.29) is 5.91 Å². The zero-order valence-corrected chi connectivity index (χ0v) is 14.5. The van der Waals surface area contributed by atoms with Crippen molar-refractivity contribution in [3.63, 3.8) is 0 Å². The summed E-state index contributed by atoms with van der Waals surface area (Å²) in [6, 6.07) is 10.2. The zero-order valence-electron chi connectivity index (χ0n) is 14.5. The Balaban J connectivity index is 1.87. The van der Waals surface area contributed by atoms with Gasteiger partial charge in [0.05, 0.1) is 27.0 Å². The molecule has 0 atom stereocenters. The third-order valence-corrected chi connectivity index (χ3v) is 3.64. The van der Waals surface area contributed by atoms with Gasteiger partial charge in [-0.15, -0.1) is 5.10 Å². The fourth-order valence-electron chi connectivity index (χ4n) is 2.43. The Kier molecular flexibility index (Phi) is 4.97. The van der Waals surface area contributed by atoms with Crippen molar-refractivity contribution in [2.75, 3.05) is 26.6 Å². The molecule has 1 amide bonds. The third kappa shape index (κ3) is 3.41. The normalized spacial score (nSPS) is 10.3. The van der Waals surface area contributed by atoms with Gasteiger partial charge in [-0.3, -0.25) is 4.79 Å². The maximum Gasteiger partial charge on any atom is 0.255 e. The number of carbonyl (C=O) groups is 1. The summed E-state index contributed by atoms with van der Waals surface area (Å²) in [4.78, 5) is 12.6. The number of nitrogens with zero attached hydrogens (tertiary/aromatic N) is 4. The van der Waals surface area contributed by atoms with Crippen molar-refractivity contribution in [2.45, 2.75) is 0 Å². The van der Waals surface area contributed by atoms with Crippen molar-refractivity contribution < 1.29 is 19.0 Å². The molecule has 0 saturated carbocycles. The van der Waals surface area contributed by atoms with Crippen LogP contribution in [0.4, 0.5) is 5.69 Å². The van der Waals surface area contributed by atoms with E-state index in [4.69, 9.17) is 14.2 Å². The molecule has 1 heterocycles. The minimum atomic E-state index is -0.297. The van der Waals surface area contributed by atoms with Gasteiger partial charge >= 0.3 is 0 Å². The lowest BCUT2D eigenvalue weighted by atomic mass is 10.1. The number of carbonyl (C=O) groups excluding carboxylic acids is 1. The summed E-state index contributed by atoms with van der Waals surface area (Å²) in [5, 5.41) is 13.8. The van der Waals surface area contributed by atoms with Crippen LogP contribution in [-0.2, 0) is 0 Å². The molecule has 9 heteroatoms. The molecule has 0 unspecified atom stereocenters. The highest BCUT2D eigenvalue weighted by atomic mass is 16.5. The average Bonchev–Trinajstić information content (AvgIpc) is 3.22. The predicted octanol–water partition coefficient (Wildman–Crippen LogP) is 1.94. The standard InChI is InChI=1S/C17H17N5O4/c1-24-14-8-12(9-15(25-2)16(14)26-3)19-17(23)11-5-4-6-13(7-11)22-10-18-20-21-22/h4-10H,1-3H3,(H,19,23). The van der Waals surface area contributed by atoms with Gasteiger partial charge in [0, 0.05) is 23.4 Å². The van der Waals surface area contributed by atoms with E-state index in [0.29, 0.717) is 34.2 Å². The summed E-state index contributed by atoms with van der Waals surface area (Å²) < 4.78 is 17.3. The van der Waals surface area contributed by atoms with Gasteiger partial charge in [-0.2, -0.15) is 0 Å². The summed E-state index contributed by atoms with van der Waals surface area (Å²) in [6.07, 6.45) is 1.45. The van der Waals surface area contributed by atoms with E-state index < -0.39 is 0 Å². The fraction of sp³-hybridized carbons (Fsp3) is 0.176. The fourth-order valence-corrected chi connectivity index (χ4v) is 2.43. The van der Waals surface area contributed by atoms with Gasteiger partial charge in [0.15, 0.2) is 11.5 Å². The summed E-state index contributed by atoms with van der Waals surface area (Å²) in [7, 11) is 4.54. The molecule has 134 valence electrons. The third-order valence-electron chi connectivity index (χ3n) is 3.64.